The van der Waals surface area contributed by atoms with Crippen molar-refractivity contribution in [2.75, 3.05) is 0 Å². The van der Waals surface area contributed by atoms with Crippen molar-refractivity contribution in [2.45, 2.75) is 12.8 Å². The summed E-state index contributed by atoms with van der Waals surface area (Å²) in [6.45, 7) is 0. The van der Waals surface area contributed by atoms with E-state index >= 15 is 0 Å². The van der Waals surface area contributed by atoms with E-state index in [4.69, 9.17) is 11.6 Å². The van der Waals surface area contributed by atoms with E-state index in [1.807, 2.05) is 18.2 Å². The lowest BCUT2D eigenvalue weighted by molar-refractivity contribution is 0.469. The van der Waals surface area contributed by atoms with Gasteiger partial charge < -0.3 is 10.2 Å². The zero-order valence-electron chi connectivity index (χ0n) is 12.8. The molecule has 3 rings (SSSR count). The monoisotopic (exact) mass is 342 g/mol. The van der Waals surface area contributed by atoms with Crippen LogP contribution in [0.3, 0.4) is 0 Å². The number of hydrogen-bond acceptors (Lipinski definition) is 2. The molecule has 0 aliphatic carbocycles. The molecule has 0 aromatic heterocycles. The van der Waals surface area contributed by atoms with Crippen LogP contribution in [0.4, 0.5) is 4.39 Å². The van der Waals surface area contributed by atoms with E-state index in [0.717, 1.165) is 22.3 Å². The number of benzene rings is 3. The molecule has 24 heavy (non-hydrogen) atoms. The molecule has 3 aromatic rings. The van der Waals surface area contributed by atoms with Crippen LogP contribution in [0, 0.1) is 5.82 Å². The molecule has 2 N–H and O–H groups in total. The third-order valence-electron chi connectivity index (χ3n) is 3.87. The molecule has 0 spiro atoms. The zero-order chi connectivity index (χ0) is 17.1. The summed E-state index contributed by atoms with van der Waals surface area (Å²) in [5, 5.41) is 19.9. The second-order valence-electron chi connectivity index (χ2n) is 5.73. The number of rotatable bonds is 4. The molecule has 0 amide bonds. The van der Waals surface area contributed by atoms with Gasteiger partial charge in [-0.2, -0.15) is 0 Å². The highest BCUT2D eigenvalue weighted by Crippen LogP contribution is 2.27. The second-order valence-corrected chi connectivity index (χ2v) is 6.14. The molecule has 0 bridgehead atoms. The van der Waals surface area contributed by atoms with E-state index in [-0.39, 0.29) is 17.3 Å². The lowest BCUT2D eigenvalue weighted by Gasteiger charge is -2.09. The van der Waals surface area contributed by atoms with Gasteiger partial charge in [0.15, 0.2) is 0 Å². The van der Waals surface area contributed by atoms with Gasteiger partial charge in [-0.15, -0.1) is 0 Å². The van der Waals surface area contributed by atoms with Gasteiger partial charge in [-0.3, -0.25) is 0 Å². The second kappa shape index (κ2) is 6.93. The first-order valence-corrected chi connectivity index (χ1v) is 7.91. The Morgan fingerprint density at radius 2 is 1.29 bits per heavy atom. The van der Waals surface area contributed by atoms with Crippen molar-refractivity contribution in [2.24, 2.45) is 0 Å². The van der Waals surface area contributed by atoms with Gasteiger partial charge in [0.2, 0.25) is 0 Å². The van der Waals surface area contributed by atoms with Gasteiger partial charge in [-0.25, -0.2) is 4.39 Å². The maximum atomic E-state index is 13.0. The third-order valence-corrected chi connectivity index (χ3v) is 4.17. The SMILES string of the molecule is Oc1ccc(Cc2ccc(O)c(Cc3ccc(F)cc3)c2)cc1Cl. The van der Waals surface area contributed by atoms with Gasteiger partial charge in [0.05, 0.1) is 5.02 Å². The smallest absolute Gasteiger partial charge is 0.134 e. The average Bonchev–Trinajstić information content (AvgIpc) is 2.56. The quantitative estimate of drug-likeness (QED) is 0.694. The standard InChI is InChI=1S/C20H16ClFO2/c21-18-12-15(4-8-20(18)24)9-14-3-7-19(23)16(11-14)10-13-1-5-17(22)6-2-13/h1-8,11-12,23-24H,9-10H2. The molecule has 0 unspecified atom stereocenters. The first-order valence-electron chi connectivity index (χ1n) is 7.54. The first kappa shape index (κ1) is 16.3. The predicted octanol–water partition coefficient (Wildman–Crippen LogP) is 5.07. The van der Waals surface area contributed by atoms with Crippen LogP contribution < -0.4 is 0 Å². The lowest BCUT2D eigenvalue weighted by atomic mass is 9.98. The Labute approximate surface area is 144 Å². The van der Waals surface area contributed by atoms with Crippen molar-refractivity contribution in [1.82, 2.24) is 0 Å². The van der Waals surface area contributed by atoms with Crippen molar-refractivity contribution >= 4 is 11.6 Å². The van der Waals surface area contributed by atoms with Crippen LogP contribution >= 0.6 is 11.6 Å². The Hall–Kier alpha value is -2.52. The van der Waals surface area contributed by atoms with Gasteiger partial charge in [0.1, 0.15) is 17.3 Å². The summed E-state index contributed by atoms with van der Waals surface area (Å²) in [5.41, 5.74) is 3.70. The fourth-order valence-corrected chi connectivity index (χ4v) is 2.81. The predicted molar refractivity (Wildman–Crippen MR) is 93.2 cm³/mol. The zero-order valence-corrected chi connectivity index (χ0v) is 13.6. The molecule has 0 fully saturated rings. The largest absolute Gasteiger partial charge is 0.508 e. The first-order chi connectivity index (χ1) is 11.5. The maximum absolute atomic E-state index is 13.0. The van der Waals surface area contributed by atoms with Gasteiger partial charge in [0, 0.05) is 6.42 Å². The summed E-state index contributed by atoms with van der Waals surface area (Å²) in [6, 6.07) is 16.8. The minimum atomic E-state index is -0.277. The molecule has 0 atom stereocenters. The normalized spacial score (nSPS) is 10.8. The topological polar surface area (TPSA) is 40.5 Å². The average molecular weight is 343 g/mol. The Morgan fingerprint density at radius 3 is 1.96 bits per heavy atom. The summed E-state index contributed by atoms with van der Waals surface area (Å²) in [7, 11) is 0. The Morgan fingerprint density at radius 1 is 0.708 bits per heavy atom. The molecule has 0 heterocycles. The Balaban J connectivity index is 1.82. The molecule has 4 heteroatoms. The van der Waals surface area contributed by atoms with E-state index < -0.39 is 0 Å². The Bertz CT molecular complexity index is 860. The minimum Gasteiger partial charge on any atom is -0.508 e. The van der Waals surface area contributed by atoms with E-state index in [2.05, 4.69) is 0 Å². The van der Waals surface area contributed by atoms with Gasteiger partial charge in [-0.1, -0.05) is 41.9 Å². The molecule has 2 nitrogen and oxygen atoms in total. The minimum absolute atomic E-state index is 0.0584. The van der Waals surface area contributed by atoms with E-state index in [1.165, 1.54) is 12.1 Å². The van der Waals surface area contributed by atoms with Crippen molar-refractivity contribution in [3.8, 4) is 11.5 Å². The molecule has 0 saturated heterocycles. The summed E-state index contributed by atoms with van der Waals surface area (Å²) in [4.78, 5) is 0. The van der Waals surface area contributed by atoms with Crippen LogP contribution in [0.15, 0.2) is 60.7 Å². The van der Waals surface area contributed by atoms with Crippen LogP contribution in [-0.2, 0) is 12.8 Å². The molecule has 3 aromatic carbocycles. The van der Waals surface area contributed by atoms with Crippen LogP contribution in [-0.4, -0.2) is 10.2 Å². The summed E-state index contributed by atoms with van der Waals surface area (Å²) < 4.78 is 13.0. The van der Waals surface area contributed by atoms with Crippen LogP contribution in [0.25, 0.3) is 0 Å². The van der Waals surface area contributed by atoms with Crippen molar-refractivity contribution in [3.05, 3.63) is 93.8 Å². The molecular formula is C20H16ClFO2. The maximum Gasteiger partial charge on any atom is 0.134 e. The van der Waals surface area contributed by atoms with Gasteiger partial charge in [-0.05, 0) is 59.0 Å². The van der Waals surface area contributed by atoms with E-state index in [0.29, 0.717) is 17.9 Å². The van der Waals surface area contributed by atoms with Gasteiger partial charge >= 0.3 is 0 Å². The highest BCUT2D eigenvalue weighted by Gasteiger charge is 2.07. The number of phenols is 2. The molecular weight excluding hydrogens is 327 g/mol. The van der Waals surface area contributed by atoms with Crippen LogP contribution in [0.1, 0.15) is 22.3 Å². The van der Waals surface area contributed by atoms with Crippen molar-refractivity contribution < 1.29 is 14.6 Å². The highest BCUT2D eigenvalue weighted by atomic mass is 35.5. The molecule has 0 saturated carbocycles. The van der Waals surface area contributed by atoms with Crippen molar-refractivity contribution in [3.63, 3.8) is 0 Å². The van der Waals surface area contributed by atoms with Gasteiger partial charge in [0.25, 0.3) is 0 Å². The van der Waals surface area contributed by atoms with Crippen molar-refractivity contribution in [1.29, 1.82) is 0 Å². The fourth-order valence-electron chi connectivity index (χ4n) is 2.61. The highest BCUT2D eigenvalue weighted by molar-refractivity contribution is 6.32. The summed E-state index contributed by atoms with van der Waals surface area (Å²) >= 11 is 5.94. The molecule has 0 radical (unpaired) electrons. The summed E-state index contributed by atoms with van der Waals surface area (Å²) in [5.74, 6) is -0.00383. The molecule has 122 valence electrons. The molecule has 0 aliphatic rings. The van der Waals surface area contributed by atoms with E-state index in [9.17, 15) is 14.6 Å². The number of aromatic hydroxyl groups is 2. The Kier molecular flexibility index (Phi) is 4.72. The molecule has 0 aliphatic heterocycles. The fraction of sp³-hybridized carbons (Fsp3) is 0.100. The third kappa shape index (κ3) is 3.87. The number of halogens is 2. The van der Waals surface area contributed by atoms with Crippen LogP contribution in [0.2, 0.25) is 5.02 Å². The van der Waals surface area contributed by atoms with E-state index in [1.54, 1.807) is 30.3 Å². The number of phenolic OH excluding ortho intramolecular Hbond substituents is 2. The van der Waals surface area contributed by atoms with Crippen LogP contribution in [0.5, 0.6) is 11.5 Å². The summed E-state index contributed by atoms with van der Waals surface area (Å²) in [6.07, 6.45) is 1.16. The number of hydrogen-bond donors (Lipinski definition) is 2. The lowest BCUT2D eigenvalue weighted by Crippen LogP contribution is -1.94.